The molecule has 4 nitrogen and oxygen atoms in total. The lowest BCUT2D eigenvalue weighted by Crippen LogP contribution is -2.23. The first-order chi connectivity index (χ1) is 11.0. The van der Waals surface area contributed by atoms with Gasteiger partial charge >= 0.3 is 0 Å². The molecule has 0 bridgehead atoms. The molecule has 0 atom stereocenters. The smallest absolute Gasteiger partial charge is 0.251 e. The number of hydrogen-bond acceptors (Lipinski definition) is 3. The molecule has 1 N–H and O–H groups in total. The normalized spacial score (nSPS) is 10.3. The van der Waals surface area contributed by atoms with Crippen molar-refractivity contribution in [2.75, 3.05) is 14.2 Å². The summed E-state index contributed by atoms with van der Waals surface area (Å²) in [7, 11) is 3.08. The topological polar surface area (TPSA) is 47.6 Å². The van der Waals surface area contributed by atoms with Crippen LogP contribution in [-0.4, -0.2) is 20.1 Å². The Morgan fingerprint density at radius 2 is 1.74 bits per heavy atom. The third-order valence-corrected chi connectivity index (χ3v) is 3.42. The van der Waals surface area contributed by atoms with Gasteiger partial charge in [0.25, 0.3) is 5.91 Å². The van der Waals surface area contributed by atoms with Crippen molar-refractivity contribution >= 4 is 5.91 Å². The molecule has 0 aliphatic rings. The number of hydrogen-bond donors (Lipinski definition) is 1. The van der Waals surface area contributed by atoms with Gasteiger partial charge in [-0.25, -0.2) is 8.78 Å². The number of rotatable bonds is 5. The predicted octanol–water partition coefficient (Wildman–Crippen LogP) is 3.22. The summed E-state index contributed by atoms with van der Waals surface area (Å²) in [6.07, 6.45) is 0. The largest absolute Gasteiger partial charge is 0.496 e. The maximum absolute atomic E-state index is 13.2. The van der Waals surface area contributed by atoms with E-state index in [0.717, 1.165) is 17.7 Å². The van der Waals surface area contributed by atoms with Crippen molar-refractivity contribution in [3.63, 3.8) is 0 Å². The minimum absolute atomic E-state index is 0.0435. The molecule has 0 radical (unpaired) electrons. The molecular weight excluding hydrogens is 304 g/mol. The first-order valence-electron chi connectivity index (χ1n) is 6.91. The van der Waals surface area contributed by atoms with Gasteiger partial charge in [-0.05, 0) is 42.8 Å². The molecule has 122 valence electrons. The highest BCUT2D eigenvalue weighted by molar-refractivity contribution is 5.94. The Balaban J connectivity index is 2.16. The number of amides is 1. The Morgan fingerprint density at radius 3 is 2.35 bits per heavy atom. The summed E-state index contributed by atoms with van der Waals surface area (Å²) in [6.45, 7) is 2.04. The number of methoxy groups -OCH3 is 2. The lowest BCUT2D eigenvalue weighted by Gasteiger charge is -2.13. The standard InChI is InChI=1S/C17H17F2NO3/c1-10-6-16(23-3)12(8-15(10)22-2)9-20-17(21)11-4-5-13(18)14(19)7-11/h4-8H,9H2,1-3H3,(H,20,21). The Morgan fingerprint density at radius 1 is 1.04 bits per heavy atom. The number of carbonyl (C=O) groups excluding carboxylic acids is 1. The predicted molar refractivity (Wildman–Crippen MR) is 81.8 cm³/mol. The van der Waals surface area contributed by atoms with E-state index in [9.17, 15) is 13.6 Å². The van der Waals surface area contributed by atoms with Crippen molar-refractivity contribution < 1.29 is 23.0 Å². The third-order valence-electron chi connectivity index (χ3n) is 3.42. The SMILES string of the molecule is COc1cc(CNC(=O)c2ccc(F)c(F)c2)c(OC)cc1C. The second kappa shape index (κ2) is 7.09. The van der Waals surface area contributed by atoms with Gasteiger partial charge in [-0.3, -0.25) is 4.79 Å². The van der Waals surface area contributed by atoms with E-state index in [1.165, 1.54) is 13.2 Å². The van der Waals surface area contributed by atoms with E-state index in [2.05, 4.69) is 5.32 Å². The number of carbonyl (C=O) groups is 1. The summed E-state index contributed by atoms with van der Waals surface area (Å²) >= 11 is 0. The molecule has 2 rings (SSSR count). The Kier molecular flexibility index (Phi) is 5.16. The van der Waals surface area contributed by atoms with E-state index in [1.54, 1.807) is 19.2 Å². The monoisotopic (exact) mass is 321 g/mol. The van der Waals surface area contributed by atoms with Crippen LogP contribution in [0.5, 0.6) is 11.5 Å². The molecule has 0 aliphatic carbocycles. The van der Waals surface area contributed by atoms with Crippen LogP contribution in [0.15, 0.2) is 30.3 Å². The van der Waals surface area contributed by atoms with Crippen LogP contribution in [0, 0.1) is 18.6 Å². The van der Waals surface area contributed by atoms with E-state index in [-0.39, 0.29) is 12.1 Å². The van der Waals surface area contributed by atoms with Crippen molar-refractivity contribution in [3.05, 3.63) is 58.7 Å². The molecule has 0 spiro atoms. The van der Waals surface area contributed by atoms with Crippen LogP contribution in [0.1, 0.15) is 21.5 Å². The van der Waals surface area contributed by atoms with Crippen molar-refractivity contribution in [2.45, 2.75) is 13.5 Å². The van der Waals surface area contributed by atoms with Crippen LogP contribution >= 0.6 is 0 Å². The van der Waals surface area contributed by atoms with Gasteiger partial charge in [-0.2, -0.15) is 0 Å². The second-order valence-electron chi connectivity index (χ2n) is 4.95. The number of benzene rings is 2. The highest BCUT2D eigenvalue weighted by atomic mass is 19.2. The summed E-state index contributed by atoms with van der Waals surface area (Å²) in [5, 5.41) is 2.64. The molecule has 0 unspecified atom stereocenters. The van der Waals surface area contributed by atoms with Gasteiger partial charge < -0.3 is 14.8 Å². The molecule has 2 aromatic rings. The molecule has 0 saturated carbocycles. The average Bonchev–Trinajstić information content (AvgIpc) is 2.55. The van der Waals surface area contributed by atoms with E-state index in [4.69, 9.17) is 9.47 Å². The molecule has 0 aromatic heterocycles. The second-order valence-corrected chi connectivity index (χ2v) is 4.95. The zero-order valence-corrected chi connectivity index (χ0v) is 13.1. The van der Waals surface area contributed by atoms with Crippen LogP contribution in [0.25, 0.3) is 0 Å². The number of halogens is 2. The third kappa shape index (κ3) is 3.77. The fraction of sp³-hybridized carbons (Fsp3) is 0.235. The molecule has 1 amide bonds. The fourth-order valence-electron chi connectivity index (χ4n) is 2.17. The zero-order valence-electron chi connectivity index (χ0n) is 13.1. The molecule has 0 fully saturated rings. The fourth-order valence-corrected chi connectivity index (χ4v) is 2.17. The van der Waals surface area contributed by atoms with Crippen LogP contribution < -0.4 is 14.8 Å². The van der Waals surface area contributed by atoms with Crippen LogP contribution in [0.4, 0.5) is 8.78 Å². The molecule has 2 aromatic carbocycles. The lowest BCUT2D eigenvalue weighted by molar-refractivity contribution is 0.0950. The average molecular weight is 321 g/mol. The van der Waals surface area contributed by atoms with E-state index in [1.807, 2.05) is 6.92 Å². The minimum atomic E-state index is -1.06. The van der Waals surface area contributed by atoms with Crippen molar-refractivity contribution in [3.8, 4) is 11.5 Å². The van der Waals surface area contributed by atoms with Gasteiger partial charge in [0.2, 0.25) is 0 Å². The number of aryl methyl sites for hydroxylation is 1. The zero-order chi connectivity index (χ0) is 17.0. The van der Waals surface area contributed by atoms with E-state index in [0.29, 0.717) is 17.1 Å². The van der Waals surface area contributed by atoms with E-state index >= 15 is 0 Å². The molecule has 0 saturated heterocycles. The van der Waals surface area contributed by atoms with Crippen molar-refractivity contribution in [2.24, 2.45) is 0 Å². The van der Waals surface area contributed by atoms with Gasteiger partial charge in [-0.1, -0.05) is 0 Å². The first-order valence-corrected chi connectivity index (χ1v) is 6.91. The van der Waals surface area contributed by atoms with Gasteiger partial charge in [0.15, 0.2) is 11.6 Å². The molecule has 6 heteroatoms. The Hall–Kier alpha value is -2.63. The summed E-state index contributed by atoms with van der Waals surface area (Å²) in [6, 6.07) is 6.57. The van der Waals surface area contributed by atoms with Crippen LogP contribution in [-0.2, 0) is 6.54 Å². The maximum Gasteiger partial charge on any atom is 0.251 e. The summed E-state index contributed by atoms with van der Waals surface area (Å²) in [4.78, 5) is 12.0. The van der Waals surface area contributed by atoms with Gasteiger partial charge in [0, 0.05) is 17.7 Å². The lowest BCUT2D eigenvalue weighted by atomic mass is 10.1. The molecular formula is C17H17F2NO3. The summed E-state index contributed by atoms with van der Waals surface area (Å²) in [5.41, 5.74) is 1.66. The molecule has 0 heterocycles. The Bertz CT molecular complexity index is 732. The number of ether oxygens (including phenoxy) is 2. The summed E-state index contributed by atoms with van der Waals surface area (Å²) < 4.78 is 36.6. The van der Waals surface area contributed by atoms with Gasteiger partial charge in [0.05, 0.1) is 14.2 Å². The number of nitrogens with one attached hydrogen (secondary N) is 1. The Labute approximate surface area is 133 Å². The van der Waals surface area contributed by atoms with Gasteiger partial charge in [0.1, 0.15) is 11.5 Å². The molecule has 23 heavy (non-hydrogen) atoms. The highest BCUT2D eigenvalue weighted by Crippen LogP contribution is 2.28. The molecule has 0 aliphatic heterocycles. The van der Waals surface area contributed by atoms with Crippen molar-refractivity contribution in [1.82, 2.24) is 5.32 Å². The van der Waals surface area contributed by atoms with Crippen molar-refractivity contribution in [1.29, 1.82) is 0 Å². The highest BCUT2D eigenvalue weighted by Gasteiger charge is 2.12. The maximum atomic E-state index is 13.2. The first kappa shape index (κ1) is 16.7. The van der Waals surface area contributed by atoms with Gasteiger partial charge in [-0.15, -0.1) is 0 Å². The van der Waals surface area contributed by atoms with Crippen LogP contribution in [0.2, 0.25) is 0 Å². The quantitative estimate of drug-likeness (QED) is 0.920. The van der Waals surface area contributed by atoms with E-state index < -0.39 is 17.5 Å². The minimum Gasteiger partial charge on any atom is -0.496 e. The van der Waals surface area contributed by atoms with Crippen LogP contribution in [0.3, 0.4) is 0 Å². The summed E-state index contributed by atoms with van der Waals surface area (Å²) in [5.74, 6) is -1.29.